The number of hydrazone groups is 2. The van der Waals surface area contributed by atoms with E-state index in [1.54, 1.807) is 0 Å². The first kappa shape index (κ1) is 23.3. The Hall–Kier alpha value is -3.34. The SMILES string of the molecule is NC(=S)N1N=C(c2ccccc2)/C(=N/Nc2ncn[nH]2)C1(O)C(F)(F)C(F)(F)C(F)(F)F. The van der Waals surface area contributed by atoms with Crippen LogP contribution in [0.2, 0.25) is 0 Å². The van der Waals surface area contributed by atoms with Gasteiger partial charge in [0.1, 0.15) is 17.8 Å². The Morgan fingerprint density at radius 1 is 1.16 bits per heavy atom. The molecule has 0 aliphatic carbocycles. The summed E-state index contributed by atoms with van der Waals surface area (Å²) >= 11 is 4.48. The van der Waals surface area contributed by atoms with Gasteiger partial charge in [-0.25, -0.2) is 10.5 Å². The van der Waals surface area contributed by atoms with Crippen LogP contribution in [0.4, 0.5) is 36.7 Å². The number of aromatic amines is 1. The van der Waals surface area contributed by atoms with Crippen molar-refractivity contribution in [1.82, 2.24) is 20.2 Å². The quantitative estimate of drug-likeness (QED) is 0.291. The van der Waals surface area contributed by atoms with Gasteiger partial charge in [-0.3, -0.25) is 0 Å². The van der Waals surface area contributed by atoms with E-state index < -0.39 is 45.3 Å². The normalized spacial score (nSPS) is 21.1. The maximum absolute atomic E-state index is 14.9. The standard InChI is InChI=1S/C15H11F7N8OS/c16-13(17,14(18,19)15(20,21)22)12(31)9(26-28-11-24-6-25-27-11)8(29-30(12)10(23)32)7-4-2-1-3-5-7/h1-6,31H,(H2,23,32)(H2,24,25,27,28)/b26-9-. The number of hydrogen-bond donors (Lipinski definition) is 4. The molecule has 0 amide bonds. The Labute approximate surface area is 178 Å². The fraction of sp³-hybridized carbons (Fsp3) is 0.267. The summed E-state index contributed by atoms with van der Waals surface area (Å²) in [5.41, 5.74) is 0.425. The summed E-state index contributed by atoms with van der Waals surface area (Å²) < 4.78 is 96.4. The molecule has 9 nitrogen and oxygen atoms in total. The van der Waals surface area contributed by atoms with Gasteiger partial charge in [-0.15, -0.1) is 0 Å². The molecule has 2 aromatic rings. The Balaban J connectivity index is 2.27. The highest BCUT2D eigenvalue weighted by Gasteiger charge is 2.84. The summed E-state index contributed by atoms with van der Waals surface area (Å²) in [5, 5.41) is 21.6. The van der Waals surface area contributed by atoms with Gasteiger partial charge in [0.2, 0.25) is 5.95 Å². The third-order valence-corrected chi connectivity index (χ3v) is 4.37. The zero-order chi connectivity index (χ0) is 23.9. The van der Waals surface area contributed by atoms with Gasteiger partial charge in [0.05, 0.1) is 0 Å². The molecule has 1 atom stereocenters. The molecule has 0 spiro atoms. The number of halogens is 7. The number of aromatic nitrogens is 3. The van der Waals surface area contributed by atoms with Crippen LogP contribution in [0.3, 0.4) is 0 Å². The zero-order valence-electron chi connectivity index (χ0n) is 15.3. The first-order valence-electron chi connectivity index (χ1n) is 8.23. The minimum atomic E-state index is -6.77. The third kappa shape index (κ3) is 3.42. The number of nitrogens with one attached hydrogen (secondary N) is 2. The van der Waals surface area contributed by atoms with E-state index in [2.05, 4.69) is 37.6 Å². The number of nitrogens with zero attached hydrogens (tertiary/aromatic N) is 5. The number of thiocarbonyl (C=S) groups is 1. The molecule has 0 fully saturated rings. The molecule has 32 heavy (non-hydrogen) atoms. The molecule has 1 aromatic carbocycles. The number of anilines is 1. The fourth-order valence-electron chi connectivity index (χ4n) is 2.66. The number of rotatable bonds is 5. The van der Waals surface area contributed by atoms with Crippen molar-refractivity contribution >= 4 is 34.7 Å². The van der Waals surface area contributed by atoms with Gasteiger partial charge in [-0.2, -0.15) is 56.0 Å². The molecule has 2 heterocycles. The highest BCUT2D eigenvalue weighted by Crippen LogP contribution is 2.54. The van der Waals surface area contributed by atoms with Gasteiger partial charge in [0, 0.05) is 5.56 Å². The number of aliphatic hydroxyl groups is 1. The van der Waals surface area contributed by atoms with Crippen molar-refractivity contribution in [3.63, 3.8) is 0 Å². The van der Waals surface area contributed by atoms with Crippen molar-refractivity contribution in [1.29, 1.82) is 0 Å². The lowest BCUT2D eigenvalue weighted by atomic mass is 9.89. The summed E-state index contributed by atoms with van der Waals surface area (Å²) in [7, 11) is 0. The van der Waals surface area contributed by atoms with Gasteiger partial charge in [0.25, 0.3) is 5.72 Å². The van der Waals surface area contributed by atoms with E-state index in [-0.39, 0.29) is 11.5 Å². The second-order valence-electron chi connectivity index (χ2n) is 6.19. The Morgan fingerprint density at radius 3 is 2.28 bits per heavy atom. The molecular formula is C15H11F7N8OS. The van der Waals surface area contributed by atoms with E-state index in [1.807, 2.05) is 5.43 Å². The molecule has 1 unspecified atom stereocenters. The van der Waals surface area contributed by atoms with Crippen LogP contribution in [0.1, 0.15) is 5.56 Å². The number of benzene rings is 1. The summed E-state index contributed by atoms with van der Waals surface area (Å²) in [6.07, 6.45) is -5.82. The highest BCUT2D eigenvalue weighted by atomic mass is 32.1. The number of H-pyrrole nitrogens is 1. The minimum absolute atomic E-state index is 0.0890. The van der Waals surface area contributed by atoms with Gasteiger partial charge in [0.15, 0.2) is 5.11 Å². The molecule has 5 N–H and O–H groups in total. The van der Waals surface area contributed by atoms with Crippen molar-refractivity contribution in [2.24, 2.45) is 15.9 Å². The smallest absolute Gasteiger partial charge is 0.375 e. The Bertz CT molecular complexity index is 1060. The van der Waals surface area contributed by atoms with Crippen molar-refractivity contribution in [2.45, 2.75) is 23.7 Å². The van der Waals surface area contributed by atoms with Crippen LogP contribution in [-0.2, 0) is 0 Å². The first-order chi connectivity index (χ1) is 14.7. The van der Waals surface area contributed by atoms with E-state index in [9.17, 15) is 35.8 Å². The van der Waals surface area contributed by atoms with Gasteiger partial charge >= 0.3 is 18.0 Å². The van der Waals surface area contributed by atoms with Crippen molar-refractivity contribution in [2.75, 3.05) is 5.43 Å². The molecule has 0 radical (unpaired) electrons. The molecule has 1 aliphatic heterocycles. The van der Waals surface area contributed by atoms with Crippen molar-refractivity contribution in [3.05, 3.63) is 42.2 Å². The lowest BCUT2D eigenvalue weighted by molar-refractivity contribution is -0.389. The van der Waals surface area contributed by atoms with E-state index in [4.69, 9.17) is 5.73 Å². The third-order valence-electron chi connectivity index (χ3n) is 4.19. The average molecular weight is 484 g/mol. The number of hydrogen-bond acceptors (Lipinski definition) is 7. The molecule has 1 aliphatic rings. The molecule has 3 rings (SSSR count). The molecule has 17 heteroatoms. The Morgan fingerprint density at radius 2 is 1.78 bits per heavy atom. The highest BCUT2D eigenvalue weighted by molar-refractivity contribution is 7.80. The van der Waals surface area contributed by atoms with Gasteiger partial charge < -0.3 is 10.8 Å². The molecule has 1 aromatic heterocycles. The minimum Gasteiger partial charge on any atom is -0.375 e. The monoisotopic (exact) mass is 484 g/mol. The molecular weight excluding hydrogens is 473 g/mol. The zero-order valence-corrected chi connectivity index (χ0v) is 16.1. The lowest BCUT2D eigenvalue weighted by Crippen LogP contribution is -2.72. The van der Waals surface area contributed by atoms with Crippen LogP contribution in [-0.4, -0.2) is 65.6 Å². The van der Waals surface area contributed by atoms with E-state index >= 15 is 0 Å². The van der Waals surface area contributed by atoms with E-state index in [0.29, 0.717) is 0 Å². The maximum Gasteiger partial charge on any atom is 0.460 e. The van der Waals surface area contributed by atoms with Crippen LogP contribution >= 0.6 is 12.2 Å². The van der Waals surface area contributed by atoms with Crippen LogP contribution in [0.5, 0.6) is 0 Å². The fourth-order valence-corrected chi connectivity index (χ4v) is 2.84. The average Bonchev–Trinajstić information content (AvgIpc) is 3.32. The van der Waals surface area contributed by atoms with Crippen LogP contribution in [0, 0.1) is 0 Å². The topological polar surface area (TPSA) is 128 Å². The largest absolute Gasteiger partial charge is 0.460 e. The summed E-state index contributed by atoms with van der Waals surface area (Å²) in [5.74, 6) is -13.4. The number of alkyl halides is 7. The van der Waals surface area contributed by atoms with Crippen LogP contribution < -0.4 is 11.2 Å². The molecule has 0 bridgehead atoms. The lowest BCUT2D eigenvalue weighted by Gasteiger charge is -2.41. The second kappa shape index (κ2) is 7.66. The van der Waals surface area contributed by atoms with Crippen LogP contribution in [0.15, 0.2) is 46.9 Å². The van der Waals surface area contributed by atoms with Gasteiger partial charge in [-0.05, 0) is 12.2 Å². The summed E-state index contributed by atoms with van der Waals surface area (Å²) in [6.45, 7) is 0. The second-order valence-corrected chi connectivity index (χ2v) is 6.61. The Kier molecular flexibility index (Phi) is 5.58. The van der Waals surface area contributed by atoms with Gasteiger partial charge in [-0.1, -0.05) is 30.3 Å². The molecule has 172 valence electrons. The molecule has 0 saturated carbocycles. The van der Waals surface area contributed by atoms with E-state index in [0.717, 1.165) is 6.33 Å². The number of nitrogens with two attached hydrogens (primary N) is 1. The molecule has 0 saturated heterocycles. The maximum atomic E-state index is 14.9. The first-order valence-corrected chi connectivity index (χ1v) is 8.64. The van der Waals surface area contributed by atoms with Crippen molar-refractivity contribution < 1.29 is 35.8 Å². The summed E-state index contributed by atoms with van der Waals surface area (Å²) in [6, 6.07) is 6.74. The van der Waals surface area contributed by atoms with Crippen LogP contribution in [0.25, 0.3) is 0 Å². The van der Waals surface area contributed by atoms with Crippen molar-refractivity contribution in [3.8, 4) is 0 Å². The predicted octanol–water partition coefficient (Wildman–Crippen LogP) is 2.06. The summed E-state index contributed by atoms with van der Waals surface area (Å²) in [4.78, 5) is 3.54. The predicted molar refractivity (Wildman–Crippen MR) is 99.9 cm³/mol. The van der Waals surface area contributed by atoms with E-state index in [1.165, 1.54) is 30.3 Å².